The molecular weight excluding hydrogens is 298 g/mol. The standard InChI is InChI=1S/C8H10BrCl2FO2/c1-7(2)3(4(7)6(13)14)5(10)8(9,11)12/h3-5H,1-2H3,(H,13,14). The van der Waals surface area contributed by atoms with Gasteiger partial charge < -0.3 is 5.11 Å². The van der Waals surface area contributed by atoms with E-state index in [0.717, 1.165) is 0 Å². The molecule has 4 unspecified atom stereocenters. The Labute approximate surface area is 99.9 Å². The lowest BCUT2D eigenvalue weighted by molar-refractivity contribution is -0.139. The fourth-order valence-electron chi connectivity index (χ4n) is 1.90. The molecule has 0 radical (unpaired) electrons. The Hall–Kier alpha value is 0.460. The zero-order valence-corrected chi connectivity index (χ0v) is 10.7. The summed E-state index contributed by atoms with van der Waals surface area (Å²) in [6, 6.07) is 0. The minimum Gasteiger partial charge on any atom is -0.481 e. The molecule has 1 fully saturated rings. The first-order valence-electron chi connectivity index (χ1n) is 4.03. The van der Waals surface area contributed by atoms with Crippen LogP contribution in [0.25, 0.3) is 0 Å². The minimum absolute atomic E-state index is 0.455. The van der Waals surface area contributed by atoms with Crippen LogP contribution in [-0.2, 0) is 4.79 Å². The molecule has 1 rings (SSSR count). The highest BCUT2D eigenvalue weighted by atomic mass is 79.9. The van der Waals surface area contributed by atoms with Gasteiger partial charge in [0.15, 0.2) is 0 Å². The molecule has 1 aliphatic carbocycles. The SMILES string of the molecule is CC1(C)C(C(=O)O)C1C(Cl)C(F)(Cl)Br. The number of rotatable bonds is 3. The van der Waals surface area contributed by atoms with Crippen LogP contribution >= 0.6 is 39.1 Å². The average molecular weight is 308 g/mol. The molecule has 1 N–H and O–H groups in total. The summed E-state index contributed by atoms with van der Waals surface area (Å²) in [6.07, 6.45) is 0. The molecular formula is C8H10BrCl2FO2. The van der Waals surface area contributed by atoms with Crippen LogP contribution in [0.2, 0.25) is 0 Å². The second kappa shape index (κ2) is 3.49. The van der Waals surface area contributed by atoms with E-state index in [4.69, 9.17) is 28.3 Å². The smallest absolute Gasteiger partial charge is 0.307 e. The molecule has 0 spiro atoms. The van der Waals surface area contributed by atoms with Crippen molar-refractivity contribution < 1.29 is 14.3 Å². The van der Waals surface area contributed by atoms with Gasteiger partial charge in [-0.3, -0.25) is 4.79 Å². The summed E-state index contributed by atoms with van der Waals surface area (Å²) in [7, 11) is 0. The van der Waals surface area contributed by atoms with Crippen LogP contribution in [0.4, 0.5) is 4.39 Å². The Kier molecular flexibility index (Phi) is 3.13. The molecule has 0 bridgehead atoms. The Morgan fingerprint density at radius 3 is 2.36 bits per heavy atom. The van der Waals surface area contributed by atoms with Crippen molar-refractivity contribution in [1.82, 2.24) is 0 Å². The van der Waals surface area contributed by atoms with Crippen LogP contribution in [0.5, 0.6) is 0 Å². The monoisotopic (exact) mass is 306 g/mol. The van der Waals surface area contributed by atoms with Crippen LogP contribution in [0.1, 0.15) is 13.8 Å². The Bertz CT molecular complexity index is 265. The molecule has 4 atom stereocenters. The Morgan fingerprint density at radius 2 is 2.14 bits per heavy atom. The van der Waals surface area contributed by atoms with Gasteiger partial charge in [-0.15, -0.1) is 11.6 Å². The minimum atomic E-state index is -2.25. The van der Waals surface area contributed by atoms with E-state index in [1.165, 1.54) is 0 Å². The van der Waals surface area contributed by atoms with Crippen molar-refractivity contribution in [3.63, 3.8) is 0 Å². The summed E-state index contributed by atoms with van der Waals surface area (Å²) >= 11 is 13.7. The highest BCUT2D eigenvalue weighted by molar-refractivity contribution is 9.10. The Balaban J connectivity index is 2.79. The molecule has 14 heavy (non-hydrogen) atoms. The van der Waals surface area contributed by atoms with Crippen LogP contribution in [0.15, 0.2) is 0 Å². The van der Waals surface area contributed by atoms with Crippen molar-refractivity contribution in [1.29, 1.82) is 0 Å². The number of carbonyl (C=O) groups is 1. The van der Waals surface area contributed by atoms with Gasteiger partial charge in [-0.25, -0.2) is 4.39 Å². The number of aliphatic carboxylic acids is 1. The molecule has 0 aromatic heterocycles. The highest BCUT2D eigenvalue weighted by Gasteiger charge is 2.67. The van der Waals surface area contributed by atoms with Crippen LogP contribution in [0, 0.1) is 17.3 Å². The van der Waals surface area contributed by atoms with Crippen molar-refractivity contribution in [2.75, 3.05) is 0 Å². The normalized spacial score (nSPS) is 35.9. The van der Waals surface area contributed by atoms with Crippen LogP contribution in [0.3, 0.4) is 0 Å². The van der Waals surface area contributed by atoms with Crippen molar-refractivity contribution >= 4 is 45.1 Å². The van der Waals surface area contributed by atoms with Crippen molar-refractivity contribution in [3.05, 3.63) is 0 Å². The third kappa shape index (κ3) is 2.02. The molecule has 0 heterocycles. The van der Waals surface area contributed by atoms with E-state index < -0.39 is 32.6 Å². The molecule has 6 heteroatoms. The molecule has 0 amide bonds. The molecule has 82 valence electrons. The van der Waals surface area contributed by atoms with Crippen molar-refractivity contribution in [3.8, 4) is 0 Å². The predicted octanol–water partition coefficient (Wildman–Crippen LogP) is 3.21. The first-order chi connectivity index (χ1) is 6.10. The van der Waals surface area contributed by atoms with E-state index in [9.17, 15) is 9.18 Å². The summed E-state index contributed by atoms with van der Waals surface area (Å²) in [6.45, 7) is 3.48. The van der Waals surface area contributed by atoms with Crippen LogP contribution in [-0.4, -0.2) is 20.5 Å². The number of alkyl halides is 4. The van der Waals surface area contributed by atoms with E-state index in [2.05, 4.69) is 15.9 Å². The molecule has 1 aliphatic rings. The first kappa shape index (κ1) is 12.5. The lowest BCUT2D eigenvalue weighted by atomic mass is 10.1. The molecule has 0 aromatic carbocycles. The molecule has 0 saturated heterocycles. The van der Waals surface area contributed by atoms with Gasteiger partial charge >= 0.3 is 5.97 Å². The largest absolute Gasteiger partial charge is 0.481 e. The summed E-state index contributed by atoms with van der Waals surface area (Å²) in [5, 5.41) is 7.78. The lowest BCUT2D eigenvalue weighted by Gasteiger charge is -2.17. The van der Waals surface area contributed by atoms with Gasteiger partial charge in [-0.05, 0) is 21.3 Å². The maximum Gasteiger partial charge on any atom is 0.307 e. The highest BCUT2D eigenvalue weighted by Crippen LogP contribution is 2.64. The number of carboxylic acid groups (broad SMARTS) is 1. The summed E-state index contributed by atoms with van der Waals surface area (Å²) in [4.78, 5) is 10.8. The van der Waals surface area contributed by atoms with Crippen molar-refractivity contribution in [2.45, 2.75) is 23.3 Å². The first-order valence-corrected chi connectivity index (χ1v) is 5.64. The average Bonchev–Trinajstić information content (AvgIpc) is 2.49. The number of halogens is 4. The second-order valence-electron chi connectivity index (χ2n) is 4.11. The summed E-state index contributed by atoms with van der Waals surface area (Å²) < 4.78 is 11.0. The van der Waals surface area contributed by atoms with Gasteiger partial charge in [0.1, 0.15) is 0 Å². The maximum atomic E-state index is 13.2. The van der Waals surface area contributed by atoms with Gasteiger partial charge in [-0.1, -0.05) is 25.4 Å². The van der Waals surface area contributed by atoms with Gasteiger partial charge in [0.05, 0.1) is 11.3 Å². The van der Waals surface area contributed by atoms with Crippen LogP contribution < -0.4 is 0 Å². The molecule has 2 nitrogen and oxygen atoms in total. The van der Waals surface area contributed by atoms with E-state index >= 15 is 0 Å². The van der Waals surface area contributed by atoms with Gasteiger partial charge in [0.2, 0.25) is 0 Å². The number of carboxylic acids is 1. The van der Waals surface area contributed by atoms with Crippen molar-refractivity contribution in [2.24, 2.45) is 17.3 Å². The maximum absolute atomic E-state index is 13.2. The second-order valence-corrected chi connectivity index (χ2v) is 6.74. The van der Waals surface area contributed by atoms with Gasteiger partial charge in [0.25, 0.3) is 4.04 Å². The lowest BCUT2D eigenvalue weighted by Crippen LogP contribution is -2.25. The molecule has 0 aliphatic heterocycles. The van der Waals surface area contributed by atoms with Gasteiger partial charge in [0, 0.05) is 5.92 Å². The van der Waals surface area contributed by atoms with E-state index in [1.54, 1.807) is 13.8 Å². The number of hydrogen-bond donors (Lipinski definition) is 1. The molecule has 0 aromatic rings. The molecule has 1 saturated carbocycles. The topological polar surface area (TPSA) is 37.3 Å². The van der Waals surface area contributed by atoms with E-state index in [-0.39, 0.29) is 0 Å². The summed E-state index contributed by atoms with van der Waals surface area (Å²) in [5.41, 5.74) is -0.502. The third-order valence-electron chi connectivity index (χ3n) is 2.80. The Morgan fingerprint density at radius 1 is 1.71 bits per heavy atom. The fourth-order valence-corrected chi connectivity index (χ4v) is 2.79. The summed E-state index contributed by atoms with van der Waals surface area (Å²) in [5.74, 6) is -2.04. The zero-order valence-electron chi connectivity index (χ0n) is 7.60. The van der Waals surface area contributed by atoms with Gasteiger partial charge in [-0.2, -0.15) is 0 Å². The fraction of sp³-hybridized carbons (Fsp3) is 0.875. The quantitative estimate of drug-likeness (QED) is 0.813. The predicted molar refractivity (Wildman–Crippen MR) is 56.7 cm³/mol. The van der Waals surface area contributed by atoms with E-state index in [0.29, 0.717) is 0 Å². The third-order valence-corrected chi connectivity index (χ3v) is 4.48. The van der Waals surface area contributed by atoms with E-state index in [1.807, 2.05) is 0 Å². The number of hydrogen-bond acceptors (Lipinski definition) is 1. The zero-order chi connectivity index (χ0) is 11.3.